The number of halogens is 3. The van der Waals surface area contributed by atoms with E-state index < -0.39 is 27.4 Å². The standard InChI is InChI=1S/C23H17ClF2N2O3S/c24-16-7-5-15(6-8-16)14-32(30,31)22-12-28(21-4-2-1-3-18(21)22)13-23(29)27-20-11-17(25)9-10-19(20)26/h1-12H,13-14H2,(H,27,29). The van der Waals surface area contributed by atoms with Gasteiger partial charge in [-0.15, -0.1) is 0 Å². The topological polar surface area (TPSA) is 68.2 Å². The highest BCUT2D eigenvalue weighted by Gasteiger charge is 2.22. The average Bonchev–Trinajstić information content (AvgIpc) is 3.12. The first-order chi connectivity index (χ1) is 15.2. The number of carbonyl (C=O) groups excluding carboxylic acids is 1. The monoisotopic (exact) mass is 474 g/mol. The van der Waals surface area contributed by atoms with Gasteiger partial charge in [0.15, 0.2) is 9.84 Å². The summed E-state index contributed by atoms with van der Waals surface area (Å²) in [7, 11) is -3.74. The Kier molecular flexibility index (Phi) is 5.99. The van der Waals surface area contributed by atoms with E-state index in [1.54, 1.807) is 48.5 Å². The molecule has 0 aliphatic rings. The molecule has 3 aromatic carbocycles. The first kappa shape index (κ1) is 22.0. The Balaban J connectivity index is 1.64. The van der Waals surface area contributed by atoms with Crippen molar-refractivity contribution in [3.8, 4) is 0 Å². The first-order valence-electron chi connectivity index (χ1n) is 9.53. The van der Waals surface area contributed by atoms with Crippen LogP contribution < -0.4 is 5.32 Å². The second-order valence-corrected chi connectivity index (χ2v) is 9.59. The number of hydrogen-bond acceptors (Lipinski definition) is 3. The summed E-state index contributed by atoms with van der Waals surface area (Å²) >= 11 is 5.87. The van der Waals surface area contributed by atoms with E-state index in [4.69, 9.17) is 11.6 Å². The third kappa shape index (κ3) is 4.66. The highest BCUT2D eigenvalue weighted by Crippen LogP contribution is 2.28. The van der Waals surface area contributed by atoms with Crippen LogP contribution in [-0.4, -0.2) is 18.9 Å². The summed E-state index contributed by atoms with van der Waals surface area (Å²) in [6.45, 7) is -0.285. The Morgan fingerprint density at radius 2 is 1.72 bits per heavy atom. The number of benzene rings is 3. The van der Waals surface area contributed by atoms with Crippen molar-refractivity contribution in [1.29, 1.82) is 0 Å². The molecule has 1 aromatic heterocycles. The summed E-state index contributed by atoms with van der Waals surface area (Å²) in [6, 6.07) is 16.0. The number of para-hydroxylation sites is 1. The molecule has 1 heterocycles. The number of carbonyl (C=O) groups is 1. The zero-order valence-corrected chi connectivity index (χ0v) is 18.1. The molecule has 0 aliphatic heterocycles. The lowest BCUT2D eigenvalue weighted by Crippen LogP contribution is -2.19. The minimum Gasteiger partial charge on any atom is -0.337 e. The molecule has 4 aromatic rings. The maximum Gasteiger partial charge on any atom is 0.244 e. The van der Waals surface area contributed by atoms with Crippen LogP contribution in [0.2, 0.25) is 5.02 Å². The molecular formula is C23H17ClF2N2O3S. The summed E-state index contributed by atoms with van der Waals surface area (Å²) in [5.74, 6) is -2.33. The Morgan fingerprint density at radius 1 is 1.00 bits per heavy atom. The minimum atomic E-state index is -3.74. The van der Waals surface area contributed by atoms with Crippen molar-refractivity contribution in [2.45, 2.75) is 17.2 Å². The summed E-state index contributed by atoms with van der Waals surface area (Å²) < 4.78 is 54.9. The largest absolute Gasteiger partial charge is 0.337 e. The molecule has 1 amide bonds. The number of hydrogen-bond donors (Lipinski definition) is 1. The summed E-state index contributed by atoms with van der Waals surface area (Å²) in [4.78, 5) is 12.6. The lowest BCUT2D eigenvalue weighted by atomic mass is 10.2. The Labute approximate surface area is 188 Å². The zero-order chi connectivity index (χ0) is 22.9. The Hall–Kier alpha value is -3.23. The minimum absolute atomic E-state index is 0.0767. The molecular weight excluding hydrogens is 458 g/mol. The number of amides is 1. The molecule has 0 atom stereocenters. The van der Waals surface area contributed by atoms with Crippen LogP contribution in [0.4, 0.5) is 14.5 Å². The Morgan fingerprint density at radius 3 is 2.47 bits per heavy atom. The van der Waals surface area contributed by atoms with Gasteiger partial charge >= 0.3 is 0 Å². The molecule has 0 saturated heterocycles. The van der Waals surface area contributed by atoms with Gasteiger partial charge in [0.2, 0.25) is 5.91 Å². The van der Waals surface area contributed by atoms with Crippen molar-refractivity contribution in [2.75, 3.05) is 5.32 Å². The van der Waals surface area contributed by atoms with Gasteiger partial charge in [0, 0.05) is 28.2 Å². The third-order valence-electron chi connectivity index (χ3n) is 4.87. The van der Waals surface area contributed by atoms with Crippen LogP contribution in [0.3, 0.4) is 0 Å². The van der Waals surface area contributed by atoms with Gasteiger partial charge in [-0.1, -0.05) is 41.9 Å². The normalized spacial score (nSPS) is 11.6. The van der Waals surface area contributed by atoms with Gasteiger partial charge in [0.05, 0.1) is 16.3 Å². The molecule has 9 heteroatoms. The van der Waals surface area contributed by atoms with Gasteiger partial charge in [-0.25, -0.2) is 17.2 Å². The molecule has 5 nitrogen and oxygen atoms in total. The van der Waals surface area contributed by atoms with Crippen molar-refractivity contribution >= 4 is 43.9 Å². The van der Waals surface area contributed by atoms with Crippen LogP contribution in [0.25, 0.3) is 10.9 Å². The van der Waals surface area contributed by atoms with Gasteiger partial charge < -0.3 is 9.88 Å². The second-order valence-electron chi connectivity index (χ2n) is 7.20. The molecule has 1 N–H and O–H groups in total. The van der Waals surface area contributed by atoms with Crippen LogP contribution in [-0.2, 0) is 26.9 Å². The van der Waals surface area contributed by atoms with E-state index in [0.29, 0.717) is 21.5 Å². The number of nitrogens with zero attached hydrogens (tertiary/aromatic N) is 1. The van der Waals surface area contributed by atoms with Crippen molar-refractivity contribution in [3.05, 3.63) is 95.1 Å². The summed E-state index contributed by atoms with van der Waals surface area (Å²) in [5.41, 5.74) is 0.810. The number of fused-ring (bicyclic) bond motifs is 1. The molecule has 0 spiro atoms. The van der Waals surface area contributed by atoms with E-state index in [2.05, 4.69) is 5.32 Å². The molecule has 0 bridgehead atoms. The van der Waals surface area contributed by atoms with E-state index in [9.17, 15) is 22.0 Å². The van der Waals surface area contributed by atoms with E-state index >= 15 is 0 Å². The van der Waals surface area contributed by atoms with Crippen molar-refractivity contribution < 1.29 is 22.0 Å². The SMILES string of the molecule is O=C(Cn1cc(S(=O)(=O)Cc2ccc(Cl)cc2)c2ccccc21)Nc1cc(F)ccc1F. The molecule has 0 saturated carbocycles. The van der Waals surface area contributed by atoms with Crippen LogP contribution in [0.15, 0.2) is 77.8 Å². The number of nitrogens with one attached hydrogen (secondary N) is 1. The molecule has 164 valence electrons. The van der Waals surface area contributed by atoms with Gasteiger partial charge in [-0.05, 0) is 35.9 Å². The van der Waals surface area contributed by atoms with Crippen molar-refractivity contribution in [2.24, 2.45) is 0 Å². The molecule has 0 unspecified atom stereocenters. The fourth-order valence-corrected chi connectivity index (χ4v) is 5.12. The maximum absolute atomic E-state index is 13.8. The molecule has 32 heavy (non-hydrogen) atoms. The first-order valence-corrected chi connectivity index (χ1v) is 11.6. The lowest BCUT2D eigenvalue weighted by Gasteiger charge is -2.08. The van der Waals surface area contributed by atoms with E-state index in [1.807, 2.05) is 0 Å². The summed E-state index contributed by atoms with van der Waals surface area (Å²) in [5, 5.41) is 3.29. The highest BCUT2D eigenvalue weighted by atomic mass is 35.5. The van der Waals surface area contributed by atoms with Gasteiger partial charge in [-0.3, -0.25) is 4.79 Å². The fraction of sp³-hybridized carbons (Fsp3) is 0.0870. The predicted molar refractivity (Wildman–Crippen MR) is 119 cm³/mol. The van der Waals surface area contributed by atoms with Gasteiger partial charge in [-0.2, -0.15) is 0 Å². The molecule has 4 rings (SSSR count). The van der Waals surface area contributed by atoms with E-state index in [-0.39, 0.29) is 22.9 Å². The Bertz CT molecular complexity index is 1420. The van der Waals surface area contributed by atoms with Crippen molar-refractivity contribution in [3.63, 3.8) is 0 Å². The highest BCUT2D eigenvalue weighted by molar-refractivity contribution is 7.90. The average molecular weight is 475 g/mol. The van der Waals surface area contributed by atoms with Crippen LogP contribution in [0, 0.1) is 11.6 Å². The molecule has 0 fully saturated rings. The van der Waals surface area contributed by atoms with Gasteiger partial charge in [0.25, 0.3) is 0 Å². The van der Waals surface area contributed by atoms with Crippen LogP contribution >= 0.6 is 11.6 Å². The zero-order valence-electron chi connectivity index (χ0n) is 16.6. The lowest BCUT2D eigenvalue weighted by molar-refractivity contribution is -0.116. The summed E-state index contributed by atoms with van der Waals surface area (Å²) in [6.07, 6.45) is 1.39. The molecule has 0 aliphatic carbocycles. The quantitative estimate of drug-likeness (QED) is 0.418. The number of aromatic nitrogens is 1. The fourth-order valence-electron chi connectivity index (χ4n) is 3.41. The number of sulfone groups is 1. The van der Waals surface area contributed by atoms with E-state index in [0.717, 1.165) is 18.2 Å². The maximum atomic E-state index is 13.8. The van der Waals surface area contributed by atoms with Crippen molar-refractivity contribution in [1.82, 2.24) is 4.57 Å². The van der Waals surface area contributed by atoms with Crippen LogP contribution in [0.5, 0.6) is 0 Å². The predicted octanol–water partition coefficient (Wildman–Crippen LogP) is 5.19. The van der Waals surface area contributed by atoms with E-state index in [1.165, 1.54) is 10.8 Å². The van der Waals surface area contributed by atoms with Crippen LogP contribution in [0.1, 0.15) is 5.56 Å². The third-order valence-corrected chi connectivity index (χ3v) is 6.83. The number of anilines is 1. The van der Waals surface area contributed by atoms with Gasteiger partial charge in [0.1, 0.15) is 18.2 Å². The second kappa shape index (κ2) is 8.72. The molecule has 0 radical (unpaired) electrons. The number of rotatable bonds is 6. The smallest absolute Gasteiger partial charge is 0.244 e.